The summed E-state index contributed by atoms with van der Waals surface area (Å²) in [6, 6.07) is 7.56. The Labute approximate surface area is 129 Å². The average Bonchev–Trinajstić information content (AvgIpc) is 2.94. The molecule has 2 atom stereocenters. The smallest absolute Gasteiger partial charge is 0.182 e. The third kappa shape index (κ3) is 3.67. The summed E-state index contributed by atoms with van der Waals surface area (Å²) >= 11 is 0. The van der Waals surface area contributed by atoms with Gasteiger partial charge < -0.3 is 5.32 Å². The van der Waals surface area contributed by atoms with E-state index < -0.39 is 9.84 Å². The fourth-order valence-corrected chi connectivity index (χ4v) is 5.08. The maximum atomic E-state index is 12.8. The standard InChI is InChI=1S/C17H27NO2S/c1-4-12-18-16-6-5-7-17(16)21(19,20)15-10-8-14(9-11-15)13(2)3/h8-11,13,16-18H,4-7,12H2,1-3H3. The number of nitrogens with one attached hydrogen (secondary N) is 1. The van der Waals surface area contributed by atoms with Crippen molar-refractivity contribution >= 4 is 9.84 Å². The molecule has 1 aromatic rings. The van der Waals surface area contributed by atoms with Crippen LogP contribution in [0.2, 0.25) is 0 Å². The highest BCUT2D eigenvalue weighted by Gasteiger charge is 2.37. The second kappa shape index (κ2) is 6.93. The Balaban J connectivity index is 2.20. The molecule has 0 aliphatic heterocycles. The third-order valence-corrected chi connectivity index (χ3v) is 6.67. The van der Waals surface area contributed by atoms with Crippen LogP contribution in [-0.2, 0) is 9.84 Å². The van der Waals surface area contributed by atoms with Gasteiger partial charge in [0, 0.05) is 6.04 Å². The Kier molecular flexibility index (Phi) is 5.44. The summed E-state index contributed by atoms with van der Waals surface area (Å²) in [5.41, 5.74) is 1.18. The third-order valence-electron chi connectivity index (χ3n) is 4.38. The van der Waals surface area contributed by atoms with E-state index in [9.17, 15) is 8.42 Å². The molecule has 0 spiro atoms. The molecule has 0 radical (unpaired) electrons. The summed E-state index contributed by atoms with van der Waals surface area (Å²) in [5, 5.41) is 3.14. The fraction of sp³-hybridized carbons (Fsp3) is 0.647. The van der Waals surface area contributed by atoms with Crippen molar-refractivity contribution < 1.29 is 8.42 Å². The largest absolute Gasteiger partial charge is 0.313 e. The van der Waals surface area contributed by atoms with Gasteiger partial charge in [0.2, 0.25) is 0 Å². The van der Waals surface area contributed by atoms with Gasteiger partial charge in [-0.25, -0.2) is 8.42 Å². The minimum absolute atomic E-state index is 0.111. The first-order valence-corrected chi connectivity index (χ1v) is 9.58. The van der Waals surface area contributed by atoms with Crippen molar-refractivity contribution in [3.63, 3.8) is 0 Å². The van der Waals surface area contributed by atoms with E-state index in [1.54, 1.807) is 12.1 Å². The van der Waals surface area contributed by atoms with Gasteiger partial charge in [-0.3, -0.25) is 0 Å². The van der Waals surface area contributed by atoms with E-state index in [0.717, 1.165) is 32.2 Å². The van der Waals surface area contributed by atoms with Gasteiger partial charge in [-0.15, -0.1) is 0 Å². The van der Waals surface area contributed by atoms with Crippen molar-refractivity contribution in [3.8, 4) is 0 Å². The number of hydrogen-bond acceptors (Lipinski definition) is 3. The Morgan fingerprint density at radius 3 is 2.43 bits per heavy atom. The van der Waals surface area contributed by atoms with Crippen LogP contribution in [0.5, 0.6) is 0 Å². The quantitative estimate of drug-likeness (QED) is 0.875. The summed E-state index contributed by atoms with van der Waals surface area (Å²) in [7, 11) is -3.22. The van der Waals surface area contributed by atoms with E-state index in [0.29, 0.717) is 10.8 Å². The molecule has 0 saturated heterocycles. The molecule has 1 aromatic carbocycles. The molecule has 1 saturated carbocycles. The maximum absolute atomic E-state index is 12.8. The van der Waals surface area contributed by atoms with Crippen molar-refractivity contribution in [1.82, 2.24) is 5.32 Å². The predicted octanol–water partition coefficient (Wildman–Crippen LogP) is 3.50. The first-order valence-electron chi connectivity index (χ1n) is 8.04. The minimum atomic E-state index is -3.22. The van der Waals surface area contributed by atoms with Gasteiger partial charge >= 0.3 is 0 Å². The first kappa shape index (κ1) is 16.5. The van der Waals surface area contributed by atoms with Crippen LogP contribution in [0.3, 0.4) is 0 Å². The van der Waals surface area contributed by atoms with Crippen molar-refractivity contribution in [2.75, 3.05) is 6.54 Å². The van der Waals surface area contributed by atoms with Crippen molar-refractivity contribution in [3.05, 3.63) is 29.8 Å². The highest BCUT2D eigenvalue weighted by molar-refractivity contribution is 7.92. The number of hydrogen-bond donors (Lipinski definition) is 1. The summed E-state index contributed by atoms with van der Waals surface area (Å²) in [6.07, 6.45) is 3.77. The van der Waals surface area contributed by atoms with Gasteiger partial charge in [-0.1, -0.05) is 39.3 Å². The van der Waals surface area contributed by atoms with Gasteiger partial charge in [0.1, 0.15) is 0 Å². The average molecular weight is 309 g/mol. The number of sulfone groups is 1. The Hall–Kier alpha value is -0.870. The van der Waals surface area contributed by atoms with Crippen LogP contribution < -0.4 is 5.32 Å². The molecule has 118 valence electrons. The molecule has 2 rings (SSSR count). The van der Waals surface area contributed by atoms with Gasteiger partial charge in [0.25, 0.3) is 0 Å². The summed E-state index contributed by atoms with van der Waals surface area (Å²) in [4.78, 5) is 0.474. The highest BCUT2D eigenvalue weighted by atomic mass is 32.2. The molecule has 1 aliphatic rings. The Morgan fingerprint density at radius 1 is 1.19 bits per heavy atom. The van der Waals surface area contributed by atoms with Crippen LogP contribution in [0, 0.1) is 0 Å². The Bertz CT molecular complexity index is 549. The molecule has 0 amide bonds. The molecular formula is C17H27NO2S. The molecule has 0 bridgehead atoms. The molecular weight excluding hydrogens is 282 g/mol. The van der Waals surface area contributed by atoms with E-state index >= 15 is 0 Å². The van der Waals surface area contributed by atoms with Crippen LogP contribution in [0.15, 0.2) is 29.2 Å². The molecule has 1 fully saturated rings. The lowest BCUT2D eigenvalue weighted by Gasteiger charge is -2.21. The molecule has 1 N–H and O–H groups in total. The molecule has 3 nitrogen and oxygen atoms in total. The summed E-state index contributed by atoms with van der Waals surface area (Å²) < 4.78 is 25.7. The zero-order valence-electron chi connectivity index (χ0n) is 13.3. The molecule has 0 aromatic heterocycles. The SMILES string of the molecule is CCCNC1CCCC1S(=O)(=O)c1ccc(C(C)C)cc1. The lowest BCUT2D eigenvalue weighted by Crippen LogP contribution is -2.40. The van der Waals surface area contributed by atoms with E-state index in [1.807, 2.05) is 12.1 Å². The first-order chi connectivity index (χ1) is 9.96. The van der Waals surface area contributed by atoms with E-state index in [2.05, 4.69) is 26.1 Å². The zero-order valence-corrected chi connectivity index (χ0v) is 14.1. The molecule has 0 heterocycles. The normalized spacial score (nSPS) is 22.9. The van der Waals surface area contributed by atoms with Crippen molar-refractivity contribution in [2.24, 2.45) is 0 Å². The van der Waals surface area contributed by atoms with E-state index in [-0.39, 0.29) is 11.3 Å². The van der Waals surface area contributed by atoms with Crippen LogP contribution in [0.4, 0.5) is 0 Å². The van der Waals surface area contributed by atoms with Gasteiger partial charge in [-0.05, 0) is 49.4 Å². The topological polar surface area (TPSA) is 46.2 Å². The number of rotatable bonds is 6. The van der Waals surface area contributed by atoms with Crippen LogP contribution in [0.25, 0.3) is 0 Å². The van der Waals surface area contributed by atoms with Gasteiger partial charge in [0.05, 0.1) is 10.1 Å². The van der Waals surface area contributed by atoms with Crippen molar-refractivity contribution in [2.45, 2.75) is 68.6 Å². The minimum Gasteiger partial charge on any atom is -0.313 e. The second-order valence-electron chi connectivity index (χ2n) is 6.30. The molecule has 21 heavy (non-hydrogen) atoms. The van der Waals surface area contributed by atoms with Crippen LogP contribution >= 0.6 is 0 Å². The fourth-order valence-electron chi connectivity index (χ4n) is 3.08. The summed E-state index contributed by atoms with van der Waals surface area (Å²) in [6.45, 7) is 7.23. The highest BCUT2D eigenvalue weighted by Crippen LogP contribution is 2.30. The number of benzene rings is 1. The van der Waals surface area contributed by atoms with Gasteiger partial charge in [-0.2, -0.15) is 0 Å². The van der Waals surface area contributed by atoms with E-state index in [4.69, 9.17) is 0 Å². The van der Waals surface area contributed by atoms with Crippen LogP contribution in [-0.4, -0.2) is 26.3 Å². The summed E-state index contributed by atoms with van der Waals surface area (Å²) in [5.74, 6) is 0.423. The second-order valence-corrected chi connectivity index (χ2v) is 8.47. The lowest BCUT2D eigenvalue weighted by molar-refractivity contribution is 0.505. The van der Waals surface area contributed by atoms with E-state index in [1.165, 1.54) is 5.56 Å². The van der Waals surface area contributed by atoms with Crippen LogP contribution in [0.1, 0.15) is 57.9 Å². The predicted molar refractivity (Wildman–Crippen MR) is 87.4 cm³/mol. The zero-order chi connectivity index (χ0) is 15.5. The molecule has 2 unspecified atom stereocenters. The molecule has 4 heteroatoms. The monoisotopic (exact) mass is 309 g/mol. The Morgan fingerprint density at radius 2 is 1.86 bits per heavy atom. The van der Waals surface area contributed by atoms with Crippen molar-refractivity contribution in [1.29, 1.82) is 0 Å². The maximum Gasteiger partial charge on any atom is 0.182 e. The van der Waals surface area contributed by atoms with Gasteiger partial charge in [0.15, 0.2) is 9.84 Å². The molecule has 1 aliphatic carbocycles. The lowest BCUT2D eigenvalue weighted by atomic mass is 10.0.